The van der Waals surface area contributed by atoms with E-state index in [4.69, 9.17) is 5.73 Å². The first-order valence-electron chi connectivity index (χ1n) is 6.02. The summed E-state index contributed by atoms with van der Waals surface area (Å²) in [5.74, 6) is 0. The van der Waals surface area contributed by atoms with Gasteiger partial charge >= 0.3 is 0 Å². The lowest BCUT2D eigenvalue weighted by atomic mass is 9.92. The normalized spacial score (nSPS) is 25.0. The van der Waals surface area contributed by atoms with Crippen molar-refractivity contribution >= 4 is 26.0 Å². The average molecular weight is 333 g/mol. The molecule has 0 saturated heterocycles. The summed E-state index contributed by atoms with van der Waals surface area (Å²) < 4.78 is 27.9. The standard InChI is InChI=1S/C12H17BrN2O2S/c13-9-5-7-10(8-6-9)18(16,17)15-12-4-2-1-3-11(12)14/h5-8,11-12,15H,1-4,14H2/t11-,12-/m1/s1. The van der Waals surface area contributed by atoms with Crippen molar-refractivity contribution in [3.63, 3.8) is 0 Å². The van der Waals surface area contributed by atoms with E-state index in [2.05, 4.69) is 20.7 Å². The van der Waals surface area contributed by atoms with E-state index in [1.165, 1.54) is 0 Å². The molecular weight excluding hydrogens is 316 g/mol. The fourth-order valence-corrected chi connectivity index (χ4v) is 3.77. The van der Waals surface area contributed by atoms with Gasteiger partial charge in [0.15, 0.2) is 0 Å². The first-order valence-corrected chi connectivity index (χ1v) is 8.30. The lowest BCUT2D eigenvalue weighted by molar-refractivity contribution is 0.361. The summed E-state index contributed by atoms with van der Waals surface area (Å²) in [4.78, 5) is 0.281. The number of rotatable bonds is 3. The van der Waals surface area contributed by atoms with E-state index in [9.17, 15) is 8.42 Å². The molecule has 1 aromatic rings. The number of benzene rings is 1. The summed E-state index contributed by atoms with van der Waals surface area (Å²) in [6.45, 7) is 0. The molecule has 0 spiro atoms. The number of hydrogen-bond donors (Lipinski definition) is 2. The first-order chi connectivity index (χ1) is 8.49. The molecule has 100 valence electrons. The Bertz CT molecular complexity index is 501. The molecule has 4 nitrogen and oxygen atoms in total. The molecule has 1 aliphatic rings. The Morgan fingerprint density at radius 2 is 1.78 bits per heavy atom. The fraction of sp³-hybridized carbons (Fsp3) is 0.500. The van der Waals surface area contributed by atoms with Crippen molar-refractivity contribution < 1.29 is 8.42 Å². The molecule has 1 saturated carbocycles. The molecule has 0 aromatic heterocycles. The van der Waals surface area contributed by atoms with E-state index < -0.39 is 10.0 Å². The molecule has 18 heavy (non-hydrogen) atoms. The number of sulfonamides is 1. The van der Waals surface area contributed by atoms with Gasteiger partial charge in [-0.2, -0.15) is 0 Å². The quantitative estimate of drug-likeness (QED) is 0.889. The highest BCUT2D eigenvalue weighted by atomic mass is 79.9. The van der Waals surface area contributed by atoms with Crippen LogP contribution in [0, 0.1) is 0 Å². The van der Waals surface area contributed by atoms with Crippen LogP contribution in [-0.4, -0.2) is 20.5 Å². The molecule has 2 rings (SSSR count). The van der Waals surface area contributed by atoms with Crippen molar-refractivity contribution in [2.45, 2.75) is 42.7 Å². The summed E-state index contributed by atoms with van der Waals surface area (Å²) in [5, 5.41) is 0. The zero-order chi connectivity index (χ0) is 13.2. The summed E-state index contributed by atoms with van der Waals surface area (Å²) in [6, 6.07) is 6.38. The van der Waals surface area contributed by atoms with Gasteiger partial charge in [-0.15, -0.1) is 0 Å². The Kier molecular flexibility index (Phi) is 4.42. The molecule has 0 heterocycles. The second-order valence-electron chi connectivity index (χ2n) is 4.63. The van der Waals surface area contributed by atoms with Gasteiger partial charge < -0.3 is 5.73 Å². The summed E-state index contributed by atoms with van der Waals surface area (Å²) >= 11 is 3.29. The van der Waals surface area contributed by atoms with E-state index in [0.29, 0.717) is 0 Å². The van der Waals surface area contributed by atoms with Gasteiger partial charge in [-0.05, 0) is 37.1 Å². The molecule has 1 aromatic carbocycles. The lowest BCUT2D eigenvalue weighted by Gasteiger charge is -2.29. The van der Waals surface area contributed by atoms with Crippen LogP contribution in [0.15, 0.2) is 33.6 Å². The Morgan fingerprint density at radius 3 is 2.39 bits per heavy atom. The molecule has 1 aliphatic carbocycles. The maximum atomic E-state index is 12.2. The number of hydrogen-bond acceptors (Lipinski definition) is 3. The maximum Gasteiger partial charge on any atom is 0.240 e. The fourth-order valence-electron chi connectivity index (χ4n) is 2.19. The number of nitrogens with one attached hydrogen (secondary N) is 1. The smallest absolute Gasteiger partial charge is 0.240 e. The Balaban J connectivity index is 2.13. The van der Waals surface area contributed by atoms with Crippen LogP contribution in [0.4, 0.5) is 0 Å². The topological polar surface area (TPSA) is 72.2 Å². The maximum absolute atomic E-state index is 12.2. The minimum atomic E-state index is -3.46. The van der Waals surface area contributed by atoms with E-state index in [1.54, 1.807) is 24.3 Å². The Labute approximate surface area is 116 Å². The van der Waals surface area contributed by atoms with Gasteiger partial charge in [-0.3, -0.25) is 0 Å². The van der Waals surface area contributed by atoms with Crippen LogP contribution in [0.2, 0.25) is 0 Å². The molecule has 0 bridgehead atoms. The van der Waals surface area contributed by atoms with Crippen LogP contribution in [-0.2, 0) is 10.0 Å². The van der Waals surface area contributed by atoms with Gasteiger partial charge in [0.1, 0.15) is 0 Å². The number of nitrogens with two attached hydrogens (primary N) is 1. The van der Waals surface area contributed by atoms with Crippen LogP contribution >= 0.6 is 15.9 Å². The molecule has 0 amide bonds. The van der Waals surface area contributed by atoms with Crippen molar-refractivity contribution in [3.05, 3.63) is 28.7 Å². The van der Waals surface area contributed by atoms with Crippen LogP contribution in [0.25, 0.3) is 0 Å². The second kappa shape index (κ2) is 5.69. The largest absolute Gasteiger partial charge is 0.326 e. The lowest BCUT2D eigenvalue weighted by Crippen LogP contribution is -2.49. The van der Waals surface area contributed by atoms with E-state index in [-0.39, 0.29) is 17.0 Å². The molecule has 0 unspecified atom stereocenters. The first kappa shape index (κ1) is 14.0. The third-order valence-electron chi connectivity index (χ3n) is 3.25. The van der Waals surface area contributed by atoms with Crippen LogP contribution < -0.4 is 10.5 Å². The highest BCUT2D eigenvalue weighted by Gasteiger charge is 2.26. The van der Waals surface area contributed by atoms with Crippen molar-refractivity contribution in [1.29, 1.82) is 0 Å². The molecule has 2 atom stereocenters. The zero-order valence-corrected chi connectivity index (χ0v) is 12.4. The Hall–Kier alpha value is -0.430. The van der Waals surface area contributed by atoms with Crippen molar-refractivity contribution in [1.82, 2.24) is 4.72 Å². The molecule has 0 aliphatic heterocycles. The van der Waals surface area contributed by atoms with Crippen molar-refractivity contribution in [2.24, 2.45) is 5.73 Å². The predicted molar refractivity (Wildman–Crippen MR) is 74.7 cm³/mol. The Morgan fingerprint density at radius 1 is 1.17 bits per heavy atom. The summed E-state index contributed by atoms with van der Waals surface area (Å²) in [7, 11) is -3.46. The molecule has 0 radical (unpaired) electrons. The third-order valence-corrected chi connectivity index (χ3v) is 5.28. The molecular formula is C12H17BrN2O2S. The van der Waals surface area contributed by atoms with Gasteiger partial charge in [-0.1, -0.05) is 28.8 Å². The van der Waals surface area contributed by atoms with Gasteiger partial charge in [0.2, 0.25) is 10.0 Å². The summed E-state index contributed by atoms with van der Waals surface area (Å²) in [6.07, 6.45) is 3.81. The highest BCUT2D eigenvalue weighted by molar-refractivity contribution is 9.10. The number of halogens is 1. The van der Waals surface area contributed by atoms with Crippen molar-refractivity contribution in [3.8, 4) is 0 Å². The molecule has 3 N–H and O–H groups in total. The summed E-state index contributed by atoms with van der Waals surface area (Å²) in [5.41, 5.74) is 5.95. The van der Waals surface area contributed by atoms with E-state index >= 15 is 0 Å². The van der Waals surface area contributed by atoms with Gasteiger partial charge in [0.05, 0.1) is 4.90 Å². The van der Waals surface area contributed by atoms with Crippen LogP contribution in [0.5, 0.6) is 0 Å². The minimum Gasteiger partial charge on any atom is -0.326 e. The zero-order valence-electron chi connectivity index (χ0n) is 9.97. The monoisotopic (exact) mass is 332 g/mol. The van der Waals surface area contributed by atoms with Gasteiger partial charge in [-0.25, -0.2) is 13.1 Å². The molecule has 6 heteroatoms. The van der Waals surface area contributed by atoms with Gasteiger partial charge in [0.25, 0.3) is 0 Å². The second-order valence-corrected chi connectivity index (χ2v) is 7.26. The predicted octanol–water partition coefficient (Wildman–Crippen LogP) is 2.00. The van der Waals surface area contributed by atoms with E-state index in [0.717, 1.165) is 30.2 Å². The van der Waals surface area contributed by atoms with Crippen LogP contribution in [0.1, 0.15) is 25.7 Å². The molecule has 1 fully saturated rings. The van der Waals surface area contributed by atoms with E-state index in [1.807, 2.05) is 0 Å². The average Bonchev–Trinajstić information content (AvgIpc) is 2.32. The van der Waals surface area contributed by atoms with Crippen LogP contribution in [0.3, 0.4) is 0 Å². The van der Waals surface area contributed by atoms with Gasteiger partial charge in [0, 0.05) is 16.6 Å². The third kappa shape index (κ3) is 3.32. The SMILES string of the molecule is N[C@@H]1CCCC[C@H]1NS(=O)(=O)c1ccc(Br)cc1. The van der Waals surface area contributed by atoms with Crippen molar-refractivity contribution in [2.75, 3.05) is 0 Å². The highest BCUT2D eigenvalue weighted by Crippen LogP contribution is 2.20. The minimum absolute atomic E-state index is 0.0797.